The first-order valence-corrected chi connectivity index (χ1v) is 4.83. The van der Waals surface area contributed by atoms with Crippen molar-refractivity contribution < 1.29 is 5.11 Å². The molecular formula is C9H13BN2O. The van der Waals surface area contributed by atoms with Crippen molar-refractivity contribution in [2.75, 3.05) is 0 Å². The zero-order chi connectivity index (χ0) is 9.26. The predicted molar refractivity (Wildman–Crippen MR) is 53.1 cm³/mol. The summed E-state index contributed by atoms with van der Waals surface area (Å²) in [5.41, 5.74) is 2.71. The molecule has 1 aliphatic carbocycles. The molecule has 0 unspecified atom stereocenters. The van der Waals surface area contributed by atoms with Gasteiger partial charge in [0.1, 0.15) is 0 Å². The second-order valence-corrected chi connectivity index (χ2v) is 3.58. The Balaban J connectivity index is 2.47. The number of aryl methyl sites for hydroxylation is 1. The molecule has 0 aliphatic heterocycles. The summed E-state index contributed by atoms with van der Waals surface area (Å²) in [6.45, 7) is 0. The molecule has 1 aliphatic rings. The molecule has 0 amide bonds. The fourth-order valence-corrected chi connectivity index (χ4v) is 1.87. The van der Waals surface area contributed by atoms with Gasteiger partial charge in [0.05, 0.1) is 11.4 Å². The van der Waals surface area contributed by atoms with Crippen molar-refractivity contribution in [3.05, 3.63) is 11.3 Å². The Morgan fingerprint density at radius 2 is 1.85 bits per heavy atom. The summed E-state index contributed by atoms with van der Waals surface area (Å²) < 4.78 is 0. The Bertz CT molecular complexity index is 328. The van der Waals surface area contributed by atoms with Crippen LogP contribution in [0.1, 0.15) is 30.5 Å². The maximum atomic E-state index is 9.61. The first kappa shape index (κ1) is 8.54. The lowest BCUT2D eigenvalue weighted by atomic mass is 10.1. The van der Waals surface area contributed by atoms with E-state index in [1.165, 1.54) is 12.8 Å². The van der Waals surface area contributed by atoms with E-state index in [1.54, 1.807) is 0 Å². The first-order chi connectivity index (χ1) is 6.27. The summed E-state index contributed by atoms with van der Waals surface area (Å²) in [6.07, 6.45) is 5.48. The molecular weight excluding hydrogens is 163 g/mol. The van der Waals surface area contributed by atoms with E-state index < -0.39 is 0 Å². The average Bonchev–Trinajstić information content (AvgIpc) is 2.28. The fourth-order valence-electron chi connectivity index (χ4n) is 1.87. The molecule has 1 aromatic rings. The van der Waals surface area contributed by atoms with Gasteiger partial charge in [0.15, 0.2) is 7.85 Å². The summed E-state index contributed by atoms with van der Waals surface area (Å²) in [7, 11) is 1.82. The molecule has 68 valence electrons. The van der Waals surface area contributed by atoms with Crippen LogP contribution in [-0.2, 0) is 12.8 Å². The maximum absolute atomic E-state index is 9.61. The van der Waals surface area contributed by atoms with Gasteiger partial charge in [-0.1, -0.05) is 6.42 Å². The van der Waals surface area contributed by atoms with Crippen LogP contribution in [0.25, 0.3) is 0 Å². The van der Waals surface area contributed by atoms with Crippen molar-refractivity contribution >= 4 is 13.6 Å². The minimum absolute atomic E-state index is 0.199. The van der Waals surface area contributed by atoms with Gasteiger partial charge in [0.25, 0.3) is 0 Å². The summed E-state index contributed by atoms with van der Waals surface area (Å²) >= 11 is 0. The minimum atomic E-state index is 0.199. The molecule has 0 radical (unpaired) electrons. The van der Waals surface area contributed by atoms with E-state index in [0.717, 1.165) is 30.5 Å². The second kappa shape index (κ2) is 3.36. The van der Waals surface area contributed by atoms with Gasteiger partial charge in [-0.3, -0.25) is 0 Å². The molecule has 0 spiro atoms. The largest absolute Gasteiger partial charge is 0.493 e. The Kier molecular flexibility index (Phi) is 2.21. The Hall–Kier alpha value is -1.06. The summed E-state index contributed by atoms with van der Waals surface area (Å²) in [6, 6.07) is 0. The predicted octanol–water partition coefficient (Wildman–Crippen LogP) is -0.291. The van der Waals surface area contributed by atoms with Crippen molar-refractivity contribution in [2.45, 2.75) is 32.1 Å². The van der Waals surface area contributed by atoms with E-state index in [9.17, 15) is 5.11 Å². The third-order valence-electron chi connectivity index (χ3n) is 2.52. The molecule has 0 fully saturated rings. The lowest BCUT2D eigenvalue weighted by molar-refractivity contribution is 0.444. The van der Waals surface area contributed by atoms with E-state index in [-0.39, 0.29) is 5.88 Å². The molecule has 0 atom stereocenters. The normalized spacial score (nSPS) is 16.3. The highest BCUT2D eigenvalue weighted by Gasteiger charge is 2.14. The third kappa shape index (κ3) is 1.66. The number of hydrogen-bond donors (Lipinski definition) is 1. The molecule has 3 nitrogen and oxygen atoms in total. The summed E-state index contributed by atoms with van der Waals surface area (Å²) in [4.78, 5) is 8.34. The molecule has 1 heterocycles. The molecule has 4 heteroatoms. The van der Waals surface area contributed by atoms with Crippen LogP contribution in [0.5, 0.6) is 5.88 Å². The van der Waals surface area contributed by atoms with Crippen molar-refractivity contribution in [3.8, 4) is 5.88 Å². The van der Waals surface area contributed by atoms with Gasteiger partial charge in [-0.2, -0.15) is 0 Å². The van der Waals surface area contributed by atoms with Gasteiger partial charge in [0.2, 0.25) is 5.88 Å². The topological polar surface area (TPSA) is 46.0 Å². The van der Waals surface area contributed by atoms with Crippen LogP contribution in [0, 0.1) is 0 Å². The lowest BCUT2D eigenvalue weighted by Gasteiger charge is -2.06. The van der Waals surface area contributed by atoms with E-state index in [4.69, 9.17) is 0 Å². The number of nitrogens with zero attached hydrogens (tertiary/aromatic N) is 2. The highest BCUT2D eigenvalue weighted by molar-refractivity contribution is 6.29. The summed E-state index contributed by atoms with van der Waals surface area (Å²) in [5.74, 6) is 0.199. The molecule has 0 saturated heterocycles. The Labute approximate surface area is 78.6 Å². The van der Waals surface area contributed by atoms with E-state index in [0.29, 0.717) is 5.72 Å². The average molecular weight is 176 g/mol. The van der Waals surface area contributed by atoms with Crippen LogP contribution in [0.4, 0.5) is 0 Å². The van der Waals surface area contributed by atoms with Crippen molar-refractivity contribution in [1.82, 2.24) is 9.97 Å². The van der Waals surface area contributed by atoms with Crippen LogP contribution in [-0.4, -0.2) is 22.9 Å². The summed E-state index contributed by atoms with van der Waals surface area (Å²) in [5, 5.41) is 9.61. The zero-order valence-electron chi connectivity index (χ0n) is 7.88. The van der Waals surface area contributed by atoms with Crippen LogP contribution in [0.2, 0.25) is 0 Å². The van der Waals surface area contributed by atoms with Gasteiger partial charge < -0.3 is 5.11 Å². The quantitative estimate of drug-likeness (QED) is 0.436. The molecule has 1 N–H and O–H groups in total. The number of fused-ring (bicyclic) bond motifs is 1. The Morgan fingerprint density at radius 1 is 1.08 bits per heavy atom. The first-order valence-electron chi connectivity index (χ1n) is 4.83. The third-order valence-corrected chi connectivity index (χ3v) is 2.52. The smallest absolute Gasteiger partial charge is 0.216 e. The van der Waals surface area contributed by atoms with Crippen LogP contribution >= 0.6 is 0 Å². The lowest BCUT2D eigenvalue weighted by Crippen LogP contribution is -2.17. The minimum Gasteiger partial charge on any atom is -0.493 e. The molecule has 13 heavy (non-hydrogen) atoms. The van der Waals surface area contributed by atoms with Crippen LogP contribution < -0.4 is 5.72 Å². The van der Waals surface area contributed by atoms with Gasteiger partial charge in [-0.05, 0) is 25.7 Å². The van der Waals surface area contributed by atoms with Gasteiger partial charge in [0, 0.05) is 5.56 Å². The van der Waals surface area contributed by atoms with Gasteiger partial charge in [-0.25, -0.2) is 9.97 Å². The van der Waals surface area contributed by atoms with Crippen molar-refractivity contribution in [3.63, 3.8) is 0 Å². The van der Waals surface area contributed by atoms with Crippen LogP contribution in [0.3, 0.4) is 0 Å². The van der Waals surface area contributed by atoms with Crippen molar-refractivity contribution in [1.29, 1.82) is 0 Å². The number of rotatable bonds is 0. The van der Waals surface area contributed by atoms with Gasteiger partial charge >= 0.3 is 0 Å². The molecule has 2 rings (SSSR count). The monoisotopic (exact) mass is 176 g/mol. The zero-order valence-corrected chi connectivity index (χ0v) is 7.88. The van der Waals surface area contributed by atoms with Gasteiger partial charge in [-0.15, -0.1) is 0 Å². The van der Waals surface area contributed by atoms with Crippen LogP contribution in [0.15, 0.2) is 0 Å². The molecule has 0 bridgehead atoms. The molecule has 0 saturated carbocycles. The fraction of sp³-hybridized carbons (Fsp3) is 0.556. The number of aromatic hydroxyl groups is 1. The van der Waals surface area contributed by atoms with Crippen molar-refractivity contribution in [2.24, 2.45) is 0 Å². The molecule has 0 aromatic carbocycles. The van der Waals surface area contributed by atoms with E-state index in [1.807, 2.05) is 7.85 Å². The highest BCUT2D eigenvalue weighted by atomic mass is 16.3. The second-order valence-electron chi connectivity index (χ2n) is 3.58. The molecule has 1 aromatic heterocycles. The maximum Gasteiger partial charge on any atom is 0.216 e. The SMILES string of the molecule is Bc1nc(O)c2c(n1)CCCCC2. The standard InChI is InChI=1S/C9H13BN2O/c10-9-11-7-5-3-1-2-4-6(7)8(13)12-9/h1-5,10H2,(H,11,12,13). The Morgan fingerprint density at radius 3 is 2.69 bits per heavy atom. The highest BCUT2D eigenvalue weighted by Crippen LogP contribution is 2.23. The number of hydrogen-bond acceptors (Lipinski definition) is 3. The van der Waals surface area contributed by atoms with E-state index >= 15 is 0 Å². The van der Waals surface area contributed by atoms with E-state index in [2.05, 4.69) is 9.97 Å². The number of aromatic nitrogens is 2.